The summed E-state index contributed by atoms with van der Waals surface area (Å²) in [5.74, 6) is 0.816. The highest BCUT2D eigenvalue weighted by atomic mass is 33.1. The summed E-state index contributed by atoms with van der Waals surface area (Å²) in [4.78, 5) is 1.22. The van der Waals surface area contributed by atoms with Crippen LogP contribution in [0, 0.1) is 0 Å². The van der Waals surface area contributed by atoms with Crippen LogP contribution in [0.1, 0.15) is 0 Å². The van der Waals surface area contributed by atoms with Gasteiger partial charge in [0.2, 0.25) is 0 Å². The van der Waals surface area contributed by atoms with Gasteiger partial charge in [-0.1, -0.05) is 39.8 Å². The van der Waals surface area contributed by atoms with Crippen molar-refractivity contribution in [2.45, 2.75) is 17.5 Å². The van der Waals surface area contributed by atoms with Crippen molar-refractivity contribution in [2.24, 2.45) is 0 Å². The van der Waals surface area contributed by atoms with Crippen molar-refractivity contribution in [1.82, 2.24) is 0 Å². The lowest BCUT2D eigenvalue weighted by Crippen LogP contribution is -2.13. The highest BCUT2D eigenvalue weighted by Gasteiger charge is 2.23. The van der Waals surface area contributed by atoms with Crippen LogP contribution in [-0.4, -0.2) is 30.0 Å². The van der Waals surface area contributed by atoms with E-state index >= 15 is 0 Å². The van der Waals surface area contributed by atoms with Gasteiger partial charge in [-0.15, -0.1) is 0 Å². The van der Waals surface area contributed by atoms with Crippen LogP contribution in [0.4, 0.5) is 0 Å². The molecular formula is C10H12O3S2. The number of aliphatic hydroxyl groups is 1. The predicted molar refractivity (Wildman–Crippen MR) is 61.6 cm³/mol. The first-order valence-corrected chi connectivity index (χ1v) is 6.96. The smallest absolute Gasteiger partial charge is 0.269 e. The molecule has 1 aromatic carbocycles. The van der Waals surface area contributed by atoms with E-state index in [-0.39, 0.29) is 6.10 Å². The quantitative estimate of drug-likeness (QED) is 0.821. The lowest BCUT2D eigenvalue weighted by molar-refractivity contribution is -0.202. The number of aliphatic hydroxyl groups excluding tert-OH is 1. The Morgan fingerprint density at radius 1 is 1.33 bits per heavy atom. The lowest BCUT2D eigenvalue weighted by atomic mass is 10.4. The Morgan fingerprint density at radius 2 is 2.13 bits per heavy atom. The summed E-state index contributed by atoms with van der Waals surface area (Å²) in [5.41, 5.74) is 0. The minimum absolute atomic E-state index is 0.00112. The van der Waals surface area contributed by atoms with Crippen molar-refractivity contribution in [1.29, 1.82) is 0 Å². The van der Waals surface area contributed by atoms with Crippen molar-refractivity contribution in [3.05, 3.63) is 30.3 Å². The van der Waals surface area contributed by atoms with Crippen LogP contribution < -0.4 is 0 Å². The molecule has 1 saturated heterocycles. The zero-order valence-corrected chi connectivity index (χ0v) is 9.67. The topological polar surface area (TPSA) is 38.7 Å². The van der Waals surface area contributed by atoms with Crippen LogP contribution >= 0.6 is 21.6 Å². The zero-order chi connectivity index (χ0) is 10.5. The maximum Gasteiger partial charge on any atom is 0.269 e. The predicted octanol–water partition coefficient (Wildman–Crippen LogP) is 2.12. The van der Waals surface area contributed by atoms with Crippen molar-refractivity contribution >= 4 is 21.6 Å². The molecule has 0 radical (unpaired) electrons. The molecule has 1 aliphatic rings. The number of hydrogen-bond donors (Lipinski definition) is 1. The summed E-state index contributed by atoms with van der Waals surface area (Å²) in [6, 6.07) is 10.2. The Hall–Kier alpha value is -0.200. The molecule has 82 valence electrons. The summed E-state index contributed by atoms with van der Waals surface area (Å²) in [5, 5.41) is 8.96. The third-order valence-electron chi connectivity index (χ3n) is 1.89. The van der Waals surface area contributed by atoms with E-state index < -0.39 is 6.48 Å². The fraction of sp³-hybridized carbons (Fsp3) is 0.400. The molecule has 0 bridgehead atoms. The van der Waals surface area contributed by atoms with E-state index in [1.54, 1.807) is 21.6 Å². The molecular weight excluding hydrogens is 232 g/mol. The molecule has 1 aliphatic heterocycles. The van der Waals surface area contributed by atoms with Crippen molar-refractivity contribution in [3.63, 3.8) is 0 Å². The third kappa shape index (κ3) is 3.70. The van der Waals surface area contributed by atoms with E-state index in [9.17, 15) is 0 Å². The van der Waals surface area contributed by atoms with Gasteiger partial charge in [-0.2, -0.15) is 0 Å². The summed E-state index contributed by atoms with van der Waals surface area (Å²) in [6.45, 7) is -0.555. The molecule has 0 amide bonds. The molecule has 15 heavy (non-hydrogen) atoms. The first-order chi connectivity index (χ1) is 7.34. The molecule has 0 saturated carbocycles. The molecule has 2 rings (SSSR count). The Kier molecular flexibility index (Phi) is 4.34. The fourth-order valence-electron chi connectivity index (χ4n) is 1.17. The van der Waals surface area contributed by atoms with Gasteiger partial charge in [-0.25, -0.2) is 0 Å². The average Bonchev–Trinajstić information content (AvgIpc) is 2.66. The van der Waals surface area contributed by atoms with Crippen LogP contribution in [0.2, 0.25) is 0 Å². The molecule has 1 aromatic rings. The maximum atomic E-state index is 8.96. The largest absolute Gasteiger partial charge is 0.346 e. The molecule has 5 heteroatoms. The van der Waals surface area contributed by atoms with Crippen LogP contribution in [0.3, 0.4) is 0 Å². The second-order valence-electron chi connectivity index (χ2n) is 3.08. The van der Waals surface area contributed by atoms with Gasteiger partial charge in [0.05, 0.1) is 12.7 Å². The zero-order valence-electron chi connectivity index (χ0n) is 8.04. The van der Waals surface area contributed by atoms with Gasteiger partial charge in [0.1, 0.15) is 0 Å². The molecule has 0 aliphatic carbocycles. The van der Waals surface area contributed by atoms with Gasteiger partial charge < -0.3 is 14.6 Å². The first-order valence-electron chi connectivity index (χ1n) is 4.64. The van der Waals surface area contributed by atoms with Crippen LogP contribution in [0.25, 0.3) is 0 Å². The van der Waals surface area contributed by atoms with Crippen molar-refractivity contribution in [3.8, 4) is 0 Å². The van der Waals surface area contributed by atoms with Gasteiger partial charge in [0.25, 0.3) is 6.48 Å². The standard InChI is InChI=1S/C10H12O3S2/c11-10-12-6-8(13-10)7-14-15-9-4-2-1-3-5-9/h1-5,8,10-11H,6-7H2. The van der Waals surface area contributed by atoms with Crippen LogP contribution in [0.15, 0.2) is 35.2 Å². The van der Waals surface area contributed by atoms with Crippen LogP contribution in [0.5, 0.6) is 0 Å². The number of ether oxygens (including phenoxy) is 2. The van der Waals surface area contributed by atoms with E-state index in [4.69, 9.17) is 14.6 Å². The molecule has 1 fully saturated rings. The van der Waals surface area contributed by atoms with Gasteiger partial charge in [-0.05, 0) is 12.1 Å². The minimum Gasteiger partial charge on any atom is -0.346 e. The second kappa shape index (κ2) is 5.77. The Balaban J connectivity index is 1.67. The van der Waals surface area contributed by atoms with Gasteiger partial charge in [-0.3, -0.25) is 0 Å². The third-order valence-corrected chi connectivity index (χ3v) is 4.32. The summed E-state index contributed by atoms with van der Waals surface area (Å²) in [6.07, 6.45) is 0.00112. The van der Waals surface area contributed by atoms with Gasteiger partial charge >= 0.3 is 0 Å². The molecule has 1 N–H and O–H groups in total. The van der Waals surface area contributed by atoms with Gasteiger partial charge in [0.15, 0.2) is 0 Å². The average molecular weight is 244 g/mol. The van der Waals surface area contributed by atoms with Crippen molar-refractivity contribution < 1.29 is 14.6 Å². The Labute approximate surface area is 96.6 Å². The highest BCUT2D eigenvalue weighted by Crippen LogP contribution is 2.32. The normalized spacial score (nSPS) is 25.7. The summed E-state index contributed by atoms with van der Waals surface area (Å²) in [7, 11) is 3.41. The van der Waals surface area contributed by atoms with Crippen LogP contribution in [-0.2, 0) is 9.47 Å². The second-order valence-corrected chi connectivity index (χ2v) is 5.49. The molecule has 2 unspecified atom stereocenters. The molecule has 3 nitrogen and oxygen atoms in total. The lowest BCUT2D eigenvalue weighted by Gasteiger charge is -2.06. The minimum atomic E-state index is -1.03. The van der Waals surface area contributed by atoms with E-state index in [1.807, 2.05) is 18.2 Å². The number of hydrogen-bond acceptors (Lipinski definition) is 5. The highest BCUT2D eigenvalue weighted by molar-refractivity contribution is 8.76. The van der Waals surface area contributed by atoms with E-state index in [2.05, 4.69) is 12.1 Å². The van der Waals surface area contributed by atoms with Crippen molar-refractivity contribution in [2.75, 3.05) is 12.4 Å². The summed E-state index contributed by atoms with van der Waals surface area (Å²) >= 11 is 0. The fourth-order valence-corrected chi connectivity index (χ4v) is 3.37. The Bertz CT molecular complexity index is 294. The molecule has 1 heterocycles. The first kappa shape index (κ1) is 11.3. The molecule has 0 aromatic heterocycles. The SMILES string of the molecule is OC1OCC(CSSc2ccccc2)O1. The number of benzene rings is 1. The van der Waals surface area contributed by atoms with Gasteiger partial charge in [0, 0.05) is 10.6 Å². The van der Waals surface area contributed by atoms with E-state index in [1.165, 1.54) is 4.90 Å². The van der Waals surface area contributed by atoms with E-state index in [0.29, 0.717) is 6.61 Å². The maximum absolute atomic E-state index is 8.96. The Morgan fingerprint density at radius 3 is 2.80 bits per heavy atom. The molecule has 0 spiro atoms. The molecule has 2 atom stereocenters. The number of rotatable bonds is 4. The monoisotopic (exact) mass is 244 g/mol. The van der Waals surface area contributed by atoms with E-state index in [0.717, 1.165) is 5.75 Å². The summed E-state index contributed by atoms with van der Waals surface area (Å²) < 4.78 is 9.98.